The van der Waals surface area contributed by atoms with Gasteiger partial charge in [-0.3, -0.25) is 14.6 Å². The molecule has 24 heavy (non-hydrogen) atoms. The summed E-state index contributed by atoms with van der Waals surface area (Å²) in [5, 5.41) is 16.2. The number of anilines is 1. The second-order valence-corrected chi connectivity index (χ2v) is 5.17. The van der Waals surface area contributed by atoms with Gasteiger partial charge in [0.1, 0.15) is 5.75 Å². The van der Waals surface area contributed by atoms with E-state index >= 15 is 0 Å². The molecule has 0 bridgehead atoms. The van der Waals surface area contributed by atoms with Gasteiger partial charge in [-0.25, -0.2) is 0 Å². The molecule has 0 fully saturated rings. The molecule has 0 aliphatic rings. The Morgan fingerprint density at radius 3 is 2.42 bits per heavy atom. The Morgan fingerprint density at radius 2 is 1.62 bits per heavy atom. The van der Waals surface area contributed by atoms with Gasteiger partial charge in [-0.1, -0.05) is 24.3 Å². The maximum atomic E-state index is 12.1. The van der Waals surface area contributed by atoms with Crippen molar-refractivity contribution in [3.8, 4) is 5.75 Å². The molecule has 1 heterocycles. The molecule has 0 atom stereocenters. The second-order valence-electron chi connectivity index (χ2n) is 5.17. The monoisotopic (exact) mass is 321 g/mol. The smallest absolute Gasteiger partial charge is 0.313 e. The largest absolute Gasteiger partial charge is 0.507 e. The lowest BCUT2D eigenvalue weighted by atomic mass is 10.1. The number of hydrogen-bond donors (Lipinski definition) is 3. The normalized spacial score (nSPS) is 10.3. The molecule has 0 aliphatic carbocycles. The summed E-state index contributed by atoms with van der Waals surface area (Å²) in [6.07, 6.45) is 3.23. The first-order valence-corrected chi connectivity index (χ1v) is 7.34. The van der Waals surface area contributed by atoms with E-state index in [4.69, 9.17) is 0 Å². The number of rotatable bonds is 3. The number of aromatic hydroxyl groups is 1. The quantitative estimate of drug-likeness (QED) is 0.645. The third-order valence-electron chi connectivity index (χ3n) is 3.56. The molecule has 0 aliphatic heterocycles. The molecule has 2 aromatic carbocycles. The Hall–Kier alpha value is -3.41. The topological polar surface area (TPSA) is 91.3 Å². The van der Waals surface area contributed by atoms with E-state index in [0.717, 1.165) is 5.56 Å². The fourth-order valence-electron chi connectivity index (χ4n) is 2.34. The number of amides is 2. The van der Waals surface area contributed by atoms with Crippen LogP contribution in [0.1, 0.15) is 5.56 Å². The average molecular weight is 321 g/mol. The van der Waals surface area contributed by atoms with Gasteiger partial charge in [0.2, 0.25) is 0 Å². The zero-order valence-corrected chi connectivity index (χ0v) is 12.7. The van der Waals surface area contributed by atoms with Crippen molar-refractivity contribution >= 4 is 28.3 Å². The number of benzene rings is 2. The Bertz CT molecular complexity index is 894. The van der Waals surface area contributed by atoms with Crippen LogP contribution in [0.15, 0.2) is 60.9 Å². The highest BCUT2D eigenvalue weighted by Gasteiger charge is 2.15. The lowest BCUT2D eigenvalue weighted by Crippen LogP contribution is -2.35. The van der Waals surface area contributed by atoms with Crippen molar-refractivity contribution < 1.29 is 14.7 Å². The molecule has 1 aromatic heterocycles. The molecular formula is C18H15N3O3. The van der Waals surface area contributed by atoms with Gasteiger partial charge in [0.15, 0.2) is 0 Å². The number of hydrogen-bond acceptors (Lipinski definition) is 4. The van der Waals surface area contributed by atoms with Crippen LogP contribution in [-0.4, -0.2) is 21.9 Å². The number of phenolic OH excluding ortho intramolecular Hbond substituents is 1. The SMILES string of the molecule is O=C(NCc1ccncc1)C(=O)Nc1cccc2c(O)cccc12. The molecule has 6 nitrogen and oxygen atoms in total. The molecule has 0 saturated carbocycles. The molecule has 2 amide bonds. The third-order valence-corrected chi connectivity index (χ3v) is 3.56. The maximum absolute atomic E-state index is 12.1. The van der Waals surface area contributed by atoms with Gasteiger partial charge in [-0.05, 0) is 29.8 Å². The minimum absolute atomic E-state index is 0.116. The number of pyridine rings is 1. The molecular weight excluding hydrogens is 306 g/mol. The van der Waals surface area contributed by atoms with Crippen LogP contribution >= 0.6 is 0 Å². The molecule has 3 rings (SSSR count). The van der Waals surface area contributed by atoms with Crippen molar-refractivity contribution in [2.45, 2.75) is 6.54 Å². The van der Waals surface area contributed by atoms with E-state index in [9.17, 15) is 14.7 Å². The summed E-state index contributed by atoms with van der Waals surface area (Å²) in [7, 11) is 0. The van der Waals surface area contributed by atoms with Crippen LogP contribution in [0.3, 0.4) is 0 Å². The summed E-state index contributed by atoms with van der Waals surface area (Å²) in [5.41, 5.74) is 1.31. The van der Waals surface area contributed by atoms with Crippen LogP contribution in [0.4, 0.5) is 5.69 Å². The van der Waals surface area contributed by atoms with Crippen molar-refractivity contribution in [3.63, 3.8) is 0 Å². The predicted molar refractivity (Wildman–Crippen MR) is 90.3 cm³/mol. The van der Waals surface area contributed by atoms with Crippen molar-refractivity contribution in [2.24, 2.45) is 0 Å². The predicted octanol–water partition coefficient (Wildman–Crippen LogP) is 2.20. The molecule has 0 saturated heterocycles. The Morgan fingerprint density at radius 1 is 0.917 bits per heavy atom. The van der Waals surface area contributed by atoms with Crippen molar-refractivity contribution in [3.05, 3.63) is 66.5 Å². The number of carbonyl (C=O) groups is 2. The summed E-state index contributed by atoms with van der Waals surface area (Å²) in [6.45, 7) is 0.241. The van der Waals surface area contributed by atoms with Gasteiger partial charge in [-0.15, -0.1) is 0 Å². The fourth-order valence-corrected chi connectivity index (χ4v) is 2.34. The van der Waals surface area contributed by atoms with Crippen molar-refractivity contribution in [1.82, 2.24) is 10.3 Å². The third kappa shape index (κ3) is 3.33. The van der Waals surface area contributed by atoms with Crippen LogP contribution in [0.25, 0.3) is 10.8 Å². The zero-order chi connectivity index (χ0) is 16.9. The average Bonchev–Trinajstić information content (AvgIpc) is 2.61. The minimum Gasteiger partial charge on any atom is -0.507 e. The van der Waals surface area contributed by atoms with Gasteiger partial charge in [0.05, 0.1) is 0 Å². The van der Waals surface area contributed by atoms with Gasteiger partial charge in [0, 0.05) is 35.4 Å². The number of nitrogens with one attached hydrogen (secondary N) is 2. The number of phenols is 1. The van der Waals surface area contributed by atoms with Gasteiger partial charge >= 0.3 is 11.8 Å². The van der Waals surface area contributed by atoms with E-state index < -0.39 is 11.8 Å². The Kier molecular flexibility index (Phi) is 4.38. The molecule has 3 N–H and O–H groups in total. The summed E-state index contributed by atoms with van der Waals surface area (Å²) < 4.78 is 0. The highest BCUT2D eigenvalue weighted by molar-refractivity contribution is 6.40. The van der Waals surface area contributed by atoms with Crippen LogP contribution in [0, 0.1) is 0 Å². The molecule has 120 valence electrons. The number of aromatic nitrogens is 1. The lowest BCUT2D eigenvalue weighted by molar-refractivity contribution is -0.136. The maximum Gasteiger partial charge on any atom is 0.313 e. The Labute approximate surface area is 138 Å². The Balaban J connectivity index is 1.71. The van der Waals surface area contributed by atoms with Crippen LogP contribution < -0.4 is 10.6 Å². The molecule has 3 aromatic rings. The van der Waals surface area contributed by atoms with E-state index in [2.05, 4.69) is 15.6 Å². The van der Waals surface area contributed by atoms with Crippen LogP contribution in [0.2, 0.25) is 0 Å². The molecule has 0 spiro atoms. The summed E-state index contributed by atoms with van der Waals surface area (Å²) in [5.74, 6) is -1.38. The molecule has 6 heteroatoms. The van der Waals surface area contributed by atoms with Crippen LogP contribution in [-0.2, 0) is 16.1 Å². The van der Waals surface area contributed by atoms with E-state index in [-0.39, 0.29) is 12.3 Å². The first-order valence-electron chi connectivity index (χ1n) is 7.34. The van der Waals surface area contributed by atoms with E-state index in [0.29, 0.717) is 16.5 Å². The standard InChI is InChI=1S/C18H15N3O3/c22-16-6-2-3-13-14(16)4-1-5-15(13)21-18(24)17(23)20-11-12-7-9-19-10-8-12/h1-10,22H,11H2,(H,20,23)(H,21,24). The van der Waals surface area contributed by atoms with Gasteiger partial charge in [0.25, 0.3) is 0 Å². The fraction of sp³-hybridized carbons (Fsp3) is 0.0556. The summed E-state index contributed by atoms with van der Waals surface area (Å²) >= 11 is 0. The zero-order valence-electron chi connectivity index (χ0n) is 12.7. The van der Waals surface area contributed by atoms with E-state index in [1.807, 2.05) is 0 Å². The number of nitrogens with zero attached hydrogens (tertiary/aromatic N) is 1. The summed E-state index contributed by atoms with van der Waals surface area (Å²) in [6, 6.07) is 13.6. The van der Waals surface area contributed by atoms with Crippen LogP contribution in [0.5, 0.6) is 5.75 Å². The van der Waals surface area contributed by atoms with E-state index in [1.165, 1.54) is 0 Å². The highest BCUT2D eigenvalue weighted by atomic mass is 16.3. The van der Waals surface area contributed by atoms with Crippen molar-refractivity contribution in [2.75, 3.05) is 5.32 Å². The van der Waals surface area contributed by atoms with Gasteiger partial charge in [-0.2, -0.15) is 0 Å². The molecule has 0 unspecified atom stereocenters. The second kappa shape index (κ2) is 6.78. The first-order chi connectivity index (χ1) is 11.6. The minimum atomic E-state index is -0.764. The van der Waals surface area contributed by atoms with Crippen molar-refractivity contribution in [1.29, 1.82) is 0 Å². The van der Waals surface area contributed by atoms with E-state index in [1.54, 1.807) is 60.9 Å². The molecule has 0 radical (unpaired) electrons. The highest BCUT2D eigenvalue weighted by Crippen LogP contribution is 2.29. The number of carbonyl (C=O) groups excluding carboxylic acids is 2. The van der Waals surface area contributed by atoms with Gasteiger partial charge < -0.3 is 15.7 Å². The lowest BCUT2D eigenvalue weighted by Gasteiger charge is -2.10. The number of fused-ring (bicyclic) bond motifs is 1. The summed E-state index contributed by atoms with van der Waals surface area (Å²) in [4.78, 5) is 27.9. The first kappa shape index (κ1) is 15.5.